The summed E-state index contributed by atoms with van der Waals surface area (Å²) in [6, 6.07) is 5.03. The molecule has 0 radical (unpaired) electrons. The van der Waals surface area contributed by atoms with Crippen LogP contribution < -0.4 is 0 Å². The van der Waals surface area contributed by atoms with E-state index in [-0.39, 0.29) is 23.9 Å². The fraction of sp³-hybridized carbons (Fsp3) is 0.583. The first-order valence-electron chi connectivity index (χ1n) is 11.5. The molecule has 2 fully saturated rings. The molecular weight excluding hydrogens is 429 g/mol. The maximum Gasteiger partial charge on any atom is 0.273 e. The summed E-state index contributed by atoms with van der Waals surface area (Å²) in [7, 11) is 0. The summed E-state index contributed by atoms with van der Waals surface area (Å²) in [6.45, 7) is 6.23. The van der Waals surface area contributed by atoms with Crippen molar-refractivity contribution >= 4 is 17.2 Å². The molecule has 0 aliphatic carbocycles. The fourth-order valence-corrected chi connectivity index (χ4v) is 5.55. The molecule has 174 valence electrons. The predicted octanol–water partition coefficient (Wildman–Crippen LogP) is 3.28. The third kappa shape index (κ3) is 5.54. The van der Waals surface area contributed by atoms with E-state index < -0.39 is 0 Å². The average molecular weight is 462 g/mol. The summed E-state index contributed by atoms with van der Waals surface area (Å²) in [6.07, 6.45) is 4.08. The Balaban J connectivity index is 1.34. The zero-order valence-electron chi connectivity index (χ0n) is 18.7. The third-order valence-corrected chi connectivity index (χ3v) is 7.27. The topological polar surface area (TPSA) is 65.9 Å². The van der Waals surface area contributed by atoms with Crippen LogP contribution in [0.25, 0.3) is 0 Å². The molecule has 1 amide bonds. The van der Waals surface area contributed by atoms with Crippen LogP contribution in [0.15, 0.2) is 23.6 Å². The van der Waals surface area contributed by atoms with Crippen LogP contribution >= 0.6 is 11.3 Å². The predicted molar refractivity (Wildman–Crippen MR) is 122 cm³/mol. The Morgan fingerprint density at radius 3 is 2.75 bits per heavy atom. The lowest BCUT2D eigenvalue weighted by Crippen LogP contribution is -2.58. The number of piperidine rings is 1. The molecule has 4 rings (SSSR count). The normalized spacial score (nSPS) is 18.9. The second-order valence-corrected chi connectivity index (χ2v) is 9.79. The first kappa shape index (κ1) is 23.3. The number of amides is 1. The number of carbonyl (C=O) groups is 1. The van der Waals surface area contributed by atoms with Gasteiger partial charge in [-0.2, -0.15) is 0 Å². The number of rotatable bonds is 7. The van der Waals surface area contributed by atoms with E-state index in [9.17, 15) is 9.18 Å². The fourth-order valence-electron chi connectivity index (χ4n) is 4.68. The number of aryl methyl sites for hydroxylation is 1. The van der Waals surface area contributed by atoms with Crippen molar-refractivity contribution in [2.24, 2.45) is 0 Å². The van der Waals surface area contributed by atoms with Crippen LogP contribution in [0.1, 0.15) is 52.8 Å². The van der Waals surface area contributed by atoms with E-state index in [1.807, 2.05) is 16.3 Å². The molecule has 2 aliphatic rings. The average Bonchev–Trinajstić information content (AvgIpc) is 3.24. The van der Waals surface area contributed by atoms with Crippen LogP contribution in [0, 0.1) is 5.82 Å². The largest absolute Gasteiger partial charge is 0.396 e. The van der Waals surface area contributed by atoms with E-state index in [4.69, 9.17) is 9.84 Å². The Bertz CT molecular complexity index is 927. The smallest absolute Gasteiger partial charge is 0.273 e. The highest BCUT2D eigenvalue weighted by molar-refractivity contribution is 7.09. The van der Waals surface area contributed by atoms with Gasteiger partial charge in [-0.3, -0.25) is 9.69 Å². The minimum absolute atomic E-state index is 0.00452. The number of aromatic nitrogens is 1. The Labute approximate surface area is 193 Å². The molecular formula is C24H32FN3O3S. The van der Waals surface area contributed by atoms with Gasteiger partial charge in [0.05, 0.1) is 23.8 Å². The van der Waals surface area contributed by atoms with Crippen molar-refractivity contribution in [1.29, 1.82) is 0 Å². The summed E-state index contributed by atoms with van der Waals surface area (Å²) in [4.78, 5) is 21.8. The number of carbonyl (C=O) groups excluding carboxylic acids is 1. The summed E-state index contributed by atoms with van der Waals surface area (Å²) in [5, 5.41) is 12.0. The number of aliphatic hydroxyl groups excluding tert-OH is 1. The van der Waals surface area contributed by atoms with E-state index in [1.54, 1.807) is 17.4 Å². The van der Waals surface area contributed by atoms with Crippen molar-refractivity contribution in [2.75, 3.05) is 39.4 Å². The second-order valence-electron chi connectivity index (χ2n) is 8.85. The van der Waals surface area contributed by atoms with E-state index in [0.717, 1.165) is 54.9 Å². The zero-order chi connectivity index (χ0) is 22.6. The highest BCUT2D eigenvalue weighted by Gasteiger charge is 2.41. The number of hydrogen-bond donors (Lipinski definition) is 1. The molecule has 1 spiro atoms. The van der Waals surface area contributed by atoms with Crippen molar-refractivity contribution in [3.8, 4) is 0 Å². The van der Waals surface area contributed by atoms with Crippen LogP contribution in [-0.4, -0.2) is 70.8 Å². The maximum absolute atomic E-state index is 13.9. The molecule has 3 heterocycles. The molecule has 2 saturated heterocycles. The molecule has 1 N–H and O–H groups in total. The van der Waals surface area contributed by atoms with Crippen LogP contribution in [-0.2, 0) is 24.1 Å². The minimum atomic E-state index is -0.309. The van der Waals surface area contributed by atoms with Crippen molar-refractivity contribution < 1.29 is 19.0 Å². The highest BCUT2D eigenvalue weighted by atomic mass is 32.1. The summed E-state index contributed by atoms with van der Waals surface area (Å²) < 4.78 is 20.1. The van der Waals surface area contributed by atoms with Gasteiger partial charge in [0, 0.05) is 38.2 Å². The Hall–Kier alpha value is -1.87. The first-order chi connectivity index (χ1) is 15.5. The second kappa shape index (κ2) is 10.4. The molecule has 0 unspecified atom stereocenters. The van der Waals surface area contributed by atoms with Gasteiger partial charge in [0.2, 0.25) is 0 Å². The van der Waals surface area contributed by atoms with Crippen LogP contribution in [0.2, 0.25) is 0 Å². The van der Waals surface area contributed by atoms with Gasteiger partial charge in [0.25, 0.3) is 5.91 Å². The van der Waals surface area contributed by atoms with Crippen LogP contribution in [0.5, 0.6) is 0 Å². The molecule has 2 aromatic rings. The zero-order valence-corrected chi connectivity index (χ0v) is 19.5. The van der Waals surface area contributed by atoms with Gasteiger partial charge in [-0.05, 0) is 55.4 Å². The van der Waals surface area contributed by atoms with E-state index >= 15 is 0 Å². The third-order valence-electron chi connectivity index (χ3n) is 6.36. The van der Waals surface area contributed by atoms with Crippen molar-refractivity contribution in [1.82, 2.24) is 14.8 Å². The Kier molecular flexibility index (Phi) is 7.55. The summed E-state index contributed by atoms with van der Waals surface area (Å²) >= 11 is 1.56. The molecule has 1 aromatic carbocycles. The Morgan fingerprint density at radius 1 is 1.22 bits per heavy atom. The van der Waals surface area contributed by atoms with Gasteiger partial charge in [0.15, 0.2) is 0 Å². The van der Waals surface area contributed by atoms with Gasteiger partial charge in [-0.15, -0.1) is 11.3 Å². The van der Waals surface area contributed by atoms with Crippen molar-refractivity contribution in [3.05, 3.63) is 51.2 Å². The number of thiazole rings is 1. The van der Waals surface area contributed by atoms with Crippen molar-refractivity contribution in [2.45, 2.75) is 51.2 Å². The minimum Gasteiger partial charge on any atom is -0.396 e. The Morgan fingerprint density at radius 2 is 2.00 bits per heavy atom. The molecule has 1 aromatic heterocycles. The van der Waals surface area contributed by atoms with E-state index in [0.29, 0.717) is 38.4 Å². The van der Waals surface area contributed by atoms with E-state index in [1.165, 1.54) is 6.07 Å². The molecule has 8 heteroatoms. The van der Waals surface area contributed by atoms with Gasteiger partial charge in [0.1, 0.15) is 11.5 Å². The lowest BCUT2D eigenvalue weighted by molar-refractivity contribution is -0.128. The standard InChI is InChI=1S/C24H32FN3O3S/c1-2-3-22-26-21(16-32-22)23(30)28-9-11-31-24(17-28)5-7-27(8-6-24)15-19-12-18(4-10-29)13-20(25)14-19/h12-14,16,29H,2-11,15,17H2,1H3. The number of ether oxygens (including phenoxy) is 1. The number of halogens is 1. The number of likely N-dealkylation sites (tertiary alicyclic amines) is 1. The number of benzene rings is 1. The van der Waals surface area contributed by atoms with Crippen LogP contribution in [0.3, 0.4) is 0 Å². The summed E-state index contributed by atoms with van der Waals surface area (Å²) in [5.41, 5.74) is 2.00. The molecule has 2 aliphatic heterocycles. The monoisotopic (exact) mass is 461 g/mol. The van der Waals surface area contributed by atoms with Crippen molar-refractivity contribution in [3.63, 3.8) is 0 Å². The van der Waals surface area contributed by atoms with Gasteiger partial charge in [-0.1, -0.05) is 13.0 Å². The van der Waals surface area contributed by atoms with Crippen LogP contribution in [0.4, 0.5) is 4.39 Å². The van der Waals surface area contributed by atoms with E-state index in [2.05, 4.69) is 16.8 Å². The molecule has 6 nitrogen and oxygen atoms in total. The molecule has 32 heavy (non-hydrogen) atoms. The number of aliphatic hydroxyl groups is 1. The van der Waals surface area contributed by atoms with Gasteiger partial charge in [-0.25, -0.2) is 9.37 Å². The number of nitrogens with zero attached hydrogens (tertiary/aromatic N) is 3. The summed E-state index contributed by atoms with van der Waals surface area (Å²) in [5.74, 6) is -0.252. The van der Waals surface area contributed by atoms with Gasteiger partial charge >= 0.3 is 0 Å². The molecule has 0 atom stereocenters. The lowest BCUT2D eigenvalue weighted by atomic mass is 9.89. The quantitative estimate of drug-likeness (QED) is 0.686. The maximum atomic E-state index is 13.9. The first-order valence-corrected chi connectivity index (χ1v) is 12.4. The molecule has 0 bridgehead atoms. The number of morpholine rings is 1. The van der Waals surface area contributed by atoms with Gasteiger partial charge < -0.3 is 14.7 Å². The lowest BCUT2D eigenvalue weighted by Gasteiger charge is -2.47. The highest BCUT2D eigenvalue weighted by Crippen LogP contribution is 2.31. The SMILES string of the molecule is CCCc1nc(C(=O)N2CCOC3(CCN(Cc4cc(F)cc(CCO)c4)CC3)C2)cs1. The number of hydrogen-bond acceptors (Lipinski definition) is 6. The molecule has 0 saturated carbocycles.